The normalized spacial score (nSPS) is 11.7. The third kappa shape index (κ3) is 5.24. The van der Waals surface area contributed by atoms with E-state index in [9.17, 15) is 4.79 Å². The van der Waals surface area contributed by atoms with Gasteiger partial charge in [-0.25, -0.2) is 4.79 Å². The number of hydrogen-bond acceptors (Lipinski definition) is 1. The molecule has 3 nitrogen and oxygen atoms in total. The second-order valence-electron chi connectivity index (χ2n) is 5.41. The summed E-state index contributed by atoms with van der Waals surface area (Å²) in [6.07, 6.45) is 2.86. The van der Waals surface area contributed by atoms with Crippen molar-refractivity contribution in [2.75, 3.05) is 6.54 Å². The molecule has 2 rings (SSSR count). The van der Waals surface area contributed by atoms with Gasteiger partial charge in [-0.05, 0) is 24.0 Å². The summed E-state index contributed by atoms with van der Waals surface area (Å²) in [5.41, 5.74) is 2.34. The summed E-state index contributed by atoms with van der Waals surface area (Å²) in [5.74, 6) is 0. The fourth-order valence-corrected chi connectivity index (χ4v) is 2.38. The highest BCUT2D eigenvalue weighted by atomic mass is 16.2. The van der Waals surface area contributed by atoms with Crippen LogP contribution in [0.5, 0.6) is 0 Å². The molecule has 22 heavy (non-hydrogen) atoms. The summed E-state index contributed by atoms with van der Waals surface area (Å²) in [6, 6.07) is 20.2. The minimum Gasteiger partial charge on any atom is -0.338 e. The van der Waals surface area contributed by atoms with Gasteiger partial charge in [0.05, 0.1) is 6.04 Å². The summed E-state index contributed by atoms with van der Waals surface area (Å²) in [5, 5.41) is 6.01. The predicted octanol–water partition coefficient (Wildman–Crippen LogP) is 4.07. The lowest BCUT2D eigenvalue weighted by atomic mass is 9.99. The van der Waals surface area contributed by atoms with Crippen molar-refractivity contribution in [3.63, 3.8) is 0 Å². The molecule has 0 saturated carbocycles. The van der Waals surface area contributed by atoms with Gasteiger partial charge in [0.15, 0.2) is 0 Å². The molecule has 0 aromatic heterocycles. The maximum atomic E-state index is 12.1. The zero-order chi connectivity index (χ0) is 15.6. The average Bonchev–Trinajstić information content (AvgIpc) is 2.56. The van der Waals surface area contributed by atoms with E-state index in [2.05, 4.69) is 41.8 Å². The molecule has 2 aromatic rings. The number of benzene rings is 2. The van der Waals surface area contributed by atoms with Crippen molar-refractivity contribution in [1.82, 2.24) is 10.6 Å². The highest BCUT2D eigenvalue weighted by Crippen LogP contribution is 2.18. The molecule has 0 bridgehead atoms. The van der Waals surface area contributed by atoms with Gasteiger partial charge in [0.2, 0.25) is 0 Å². The van der Waals surface area contributed by atoms with Crippen LogP contribution in [0.4, 0.5) is 4.79 Å². The monoisotopic (exact) mass is 296 g/mol. The lowest BCUT2D eigenvalue weighted by Crippen LogP contribution is -2.39. The van der Waals surface area contributed by atoms with Gasteiger partial charge < -0.3 is 10.6 Å². The molecule has 3 heteroatoms. The summed E-state index contributed by atoms with van der Waals surface area (Å²) in [7, 11) is 0. The van der Waals surface area contributed by atoms with E-state index >= 15 is 0 Å². The summed E-state index contributed by atoms with van der Waals surface area (Å²) < 4.78 is 0. The molecule has 0 radical (unpaired) electrons. The number of unbranched alkanes of at least 4 members (excludes halogenated alkanes) is 1. The third-order valence-corrected chi connectivity index (χ3v) is 3.61. The van der Waals surface area contributed by atoms with Crippen LogP contribution in [0.1, 0.15) is 36.9 Å². The Hall–Kier alpha value is -2.29. The largest absolute Gasteiger partial charge is 0.338 e. The summed E-state index contributed by atoms with van der Waals surface area (Å²) in [4.78, 5) is 12.1. The minimum atomic E-state index is -0.0989. The standard InChI is InChI=1S/C19H24N2O/c1-2-3-14-20-19(22)21-18(17-12-8-5-9-13-17)15-16-10-6-4-7-11-16/h4-13,18H,2-3,14-15H2,1H3,(H2,20,21,22). The number of rotatable bonds is 7. The maximum Gasteiger partial charge on any atom is 0.315 e. The number of nitrogens with one attached hydrogen (secondary N) is 2. The van der Waals surface area contributed by atoms with E-state index < -0.39 is 0 Å². The van der Waals surface area contributed by atoms with Crippen LogP contribution in [-0.4, -0.2) is 12.6 Å². The molecule has 1 unspecified atom stereocenters. The van der Waals surface area contributed by atoms with E-state index in [0.29, 0.717) is 0 Å². The van der Waals surface area contributed by atoms with Crippen LogP contribution in [0.15, 0.2) is 60.7 Å². The van der Waals surface area contributed by atoms with Crippen LogP contribution in [0.2, 0.25) is 0 Å². The lowest BCUT2D eigenvalue weighted by Gasteiger charge is -2.20. The van der Waals surface area contributed by atoms with E-state index in [0.717, 1.165) is 31.4 Å². The van der Waals surface area contributed by atoms with Crippen LogP contribution in [0, 0.1) is 0 Å². The molecular weight excluding hydrogens is 272 g/mol. The van der Waals surface area contributed by atoms with Crippen LogP contribution < -0.4 is 10.6 Å². The first-order chi connectivity index (χ1) is 10.8. The second kappa shape index (κ2) is 8.88. The summed E-state index contributed by atoms with van der Waals surface area (Å²) in [6.45, 7) is 2.83. The smallest absolute Gasteiger partial charge is 0.315 e. The molecule has 0 saturated heterocycles. The SMILES string of the molecule is CCCCNC(=O)NC(Cc1ccccc1)c1ccccc1. The number of amides is 2. The number of hydrogen-bond donors (Lipinski definition) is 2. The molecule has 0 aliphatic heterocycles. The second-order valence-corrected chi connectivity index (χ2v) is 5.41. The first-order valence-corrected chi connectivity index (χ1v) is 7.93. The van der Waals surface area contributed by atoms with Gasteiger partial charge in [-0.15, -0.1) is 0 Å². The van der Waals surface area contributed by atoms with Gasteiger partial charge in [-0.2, -0.15) is 0 Å². The van der Waals surface area contributed by atoms with Gasteiger partial charge in [0.25, 0.3) is 0 Å². The molecule has 116 valence electrons. The Morgan fingerprint density at radius 3 is 2.27 bits per heavy atom. The van der Waals surface area contributed by atoms with Crippen LogP contribution in [0.25, 0.3) is 0 Å². The lowest BCUT2D eigenvalue weighted by molar-refractivity contribution is 0.237. The molecule has 0 aliphatic rings. The van der Waals surface area contributed by atoms with E-state index in [-0.39, 0.29) is 12.1 Å². The Morgan fingerprint density at radius 2 is 1.64 bits per heavy atom. The number of urea groups is 1. The molecular formula is C19H24N2O. The number of carbonyl (C=O) groups is 1. The van der Waals surface area contributed by atoms with Gasteiger partial charge >= 0.3 is 6.03 Å². The minimum absolute atomic E-state index is 0.0229. The molecule has 0 heterocycles. The van der Waals surface area contributed by atoms with Crippen molar-refractivity contribution in [2.45, 2.75) is 32.2 Å². The van der Waals surface area contributed by atoms with Crippen LogP contribution >= 0.6 is 0 Å². The van der Waals surface area contributed by atoms with E-state index in [1.54, 1.807) is 0 Å². The first-order valence-electron chi connectivity index (χ1n) is 7.93. The Kier molecular flexibility index (Phi) is 6.49. The van der Waals surface area contributed by atoms with E-state index in [1.165, 1.54) is 5.56 Å². The summed E-state index contributed by atoms with van der Waals surface area (Å²) >= 11 is 0. The van der Waals surface area contributed by atoms with Crippen molar-refractivity contribution in [1.29, 1.82) is 0 Å². The quantitative estimate of drug-likeness (QED) is 0.743. The fourth-order valence-electron chi connectivity index (χ4n) is 2.38. The fraction of sp³-hybridized carbons (Fsp3) is 0.316. The van der Waals surface area contributed by atoms with Crippen molar-refractivity contribution in [3.8, 4) is 0 Å². The molecule has 0 spiro atoms. The van der Waals surface area contributed by atoms with E-state index in [4.69, 9.17) is 0 Å². The first kappa shape index (κ1) is 16.1. The number of carbonyl (C=O) groups excluding carboxylic acids is 1. The highest BCUT2D eigenvalue weighted by molar-refractivity contribution is 5.74. The Morgan fingerprint density at radius 1 is 1.00 bits per heavy atom. The van der Waals surface area contributed by atoms with Crippen molar-refractivity contribution < 1.29 is 4.79 Å². The Balaban J connectivity index is 2.04. The van der Waals surface area contributed by atoms with Crippen molar-refractivity contribution in [2.24, 2.45) is 0 Å². The molecule has 0 fully saturated rings. The van der Waals surface area contributed by atoms with E-state index in [1.807, 2.05) is 36.4 Å². The predicted molar refractivity (Wildman–Crippen MR) is 90.8 cm³/mol. The molecule has 2 N–H and O–H groups in total. The van der Waals surface area contributed by atoms with Gasteiger partial charge in [-0.1, -0.05) is 74.0 Å². The van der Waals surface area contributed by atoms with Gasteiger partial charge in [-0.3, -0.25) is 0 Å². The van der Waals surface area contributed by atoms with Crippen molar-refractivity contribution in [3.05, 3.63) is 71.8 Å². The van der Waals surface area contributed by atoms with Crippen molar-refractivity contribution >= 4 is 6.03 Å². The topological polar surface area (TPSA) is 41.1 Å². The van der Waals surface area contributed by atoms with Crippen LogP contribution in [-0.2, 0) is 6.42 Å². The molecule has 2 amide bonds. The Labute approximate surface area is 132 Å². The molecule has 0 aliphatic carbocycles. The Bertz CT molecular complexity index is 554. The third-order valence-electron chi connectivity index (χ3n) is 3.61. The van der Waals surface area contributed by atoms with Crippen LogP contribution in [0.3, 0.4) is 0 Å². The maximum absolute atomic E-state index is 12.1. The zero-order valence-electron chi connectivity index (χ0n) is 13.1. The average molecular weight is 296 g/mol. The highest BCUT2D eigenvalue weighted by Gasteiger charge is 2.14. The van der Waals surface area contributed by atoms with Gasteiger partial charge in [0, 0.05) is 6.54 Å². The molecule has 2 aromatic carbocycles. The zero-order valence-corrected chi connectivity index (χ0v) is 13.1. The molecule has 1 atom stereocenters. The van der Waals surface area contributed by atoms with Gasteiger partial charge in [0.1, 0.15) is 0 Å².